The second-order valence-corrected chi connectivity index (χ2v) is 3.60. The van der Waals surface area contributed by atoms with Gasteiger partial charge in [0.25, 0.3) is 0 Å². The molecule has 3 unspecified atom stereocenters. The van der Waals surface area contributed by atoms with Crippen LogP contribution in [0.2, 0.25) is 0 Å². The van der Waals surface area contributed by atoms with E-state index in [1.54, 1.807) is 5.57 Å². The predicted molar refractivity (Wildman–Crippen MR) is 45.9 cm³/mol. The van der Waals surface area contributed by atoms with Crippen molar-refractivity contribution in [2.45, 2.75) is 34.1 Å². The van der Waals surface area contributed by atoms with E-state index in [0.29, 0.717) is 0 Å². The molecule has 0 aromatic rings. The lowest BCUT2D eigenvalue weighted by atomic mass is 9.90. The molecule has 3 atom stereocenters. The summed E-state index contributed by atoms with van der Waals surface area (Å²) in [5, 5.41) is 0. The first-order valence-electron chi connectivity index (χ1n) is 4.37. The van der Waals surface area contributed by atoms with Gasteiger partial charge in [0.05, 0.1) is 0 Å². The summed E-state index contributed by atoms with van der Waals surface area (Å²) in [7, 11) is 0. The summed E-state index contributed by atoms with van der Waals surface area (Å²) in [6, 6.07) is 0. The molecule has 0 bridgehead atoms. The third kappa shape index (κ3) is 1.12. The van der Waals surface area contributed by atoms with Crippen molar-refractivity contribution in [1.82, 2.24) is 0 Å². The number of rotatable bonds is 1. The molecule has 0 saturated heterocycles. The minimum Gasteiger partial charge on any atom is -0.0819 e. The Kier molecular flexibility index (Phi) is 2.18. The molecule has 58 valence electrons. The van der Waals surface area contributed by atoms with Crippen molar-refractivity contribution < 1.29 is 0 Å². The van der Waals surface area contributed by atoms with Crippen LogP contribution in [0.4, 0.5) is 0 Å². The van der Waals surface area contributed by atoms with E-state index in [0.717, 1.165) is 17.8 Å². The predicted octanol–water partition coefficient (Wildman–Crippen LogP) is 3.24. The average Bonchev–Trinajstić information content (AvgIpc) is 2.17. The summed E-state index contributed by atoms with van der Waals surface area (Å²) in [6.07, 6.45) is 3.70. The van der Waals surface area contributed by atoms with Crippen LogP contribution in [0.1, 0.15) is 34.1 Å². The number of hydrogen-bond acceptors (Lipinski definition) is 0. The average molecular weight is 138 g/mol. The Labute approximate surface area is 64.3 Å². The molecule has 0 heteroatoms. The van der Waals surface area contributed by atoms with Gasteiger partial charge in [0, 0.05) is 0 Å². The molecule has 10 heavy (non-hydrogen) atoms. The minimum atomic E-state index is 0.810. The molecule has 0 spiro atoms. The molecule has 0 amide bonds. The normalized spacial score (nSPS) is 40.0. The smallest absolute Gasteiger partial charge is 0.0200 e. The maximum atomic E-state index is 2.45. The summed E-state index contributed by atoms with van der Waals surface area (Å²) >= 11 is 0. The van der Waals surface area contributed by atoms with Gasteiger partial charge in [-0.2, -0.15) is 0 Å². The molecule has 0 N–H and O–H groups in total. The second-order valence-electron chi connectivity index (χ2n) is 3.60. The van der Waals surface area contributed by atoms with E-state index < -0.39 is 0 Å². The van der Waals surface area contributed by atoms with Crippen LogP contribution >= 0.6 is 0 Å². The SMILES string of the molecule is CCC1=CC(C)C(C)C1C. The van der Waals surface area contributed by atoms with Gasteiger partial charge < -0.3 is 0 Å². The third-order valence-corrected chi connectivity index (χ3v) is 3.09. The van der Waals surface area contributed by atoms with E-state index in [9.17, 15) is 0 Å². The number of allylic oxidation sites excluding steroid dienone is 2. The highest BCUT2D eigenvalue weighted by atomic mass is 14.3. The topological polar surface area (TPSA) is 0 Å². The van der Waals surface area contributed by atoms with Gasteiger partial charge in [-0.25, -0.2) is 0 Å². The quantitative estimate of drug-likeness (QED) is 0.488. The van der Waals surface area contributed by atoms with Gasteiger partial charge in [0.15, 0.2) is 0 Å². The minimum absolute atomic E-state index is 0.810. The van der Waals surface area contributed by atoms with Gasteiger partial charge in [-0.05, 0) is 24.2 Å². The Morgan fingerprint density at radius 1 is 1.30 bits per heavy atom. The zero-order chi connectivity index (χ0) is 7.72. The number of hydrogen-bond donors (Lipinski definition) is 0. The van der Waals surface area contributed by atoms with E-state index in [1.165, 1.54) is 6.42 Å². The Hall–Kier alpha value is -0.260. The zero-order valence-corrected chi connectivity index (χ0v) is 7.52. The van der Waals surface area contributed by atoms with Crippen LogP contribution in [-0.2, 0) is 0 Å². The van der Waals surface area contributed by atoms with Crippen LogP contribution < -0.4 is 0 Å². The summed E-state index contributed by atoms with van der Waals surface area (Å²) in [5.41, 5.74) is 1.67. The van der Waals surface area contributed by atoms with E-state index in [4.69, 9.17) is 0 Å². The fraction of sp³-hybridized carbons (Fsp3) is 0.800. The van der Waals surface area contributed by atoms with Crippen LogP contribution in [0.3, 0.4) is 0 Å². The second kappa shape index (κ2) is 2.77. The van der Waals surface area contributed by atoms with Crippen molar-refractivity contribution in [2.75, 3.05) is 0 Å². The molecule has 1 aliphatic carbocycles. The molecule has 0 aliphatic heterocycles. The lowest BCUT2D eigenvalue weighted by Gasteiger charge is -2.15. The molecule has 1 aliphatic rings. The van der Waals surface area contributed by atoms with Crippen molar-refractivity contribution in [3.05, 3.63) is 11.6 Å². The van der Waals surface area contributed by atoms with Crippen molar-refractivity contribution in [3.8, 4) is 0 Å². The Morgan fingerprint density at radius 3 is 2.10 bits per heavy atom. The Balaban J connectivity index is 2.68. The van der Waals surface area contributed by atoms with Gasteiger partial charge in [0.2, 0.25) is 0 Å². The lowest BCUT2D eigenvalue weighted by molar-refractivity contribution is 0.394. The van der Waals surface area contributed by atoms with Gasteiger partial charge in [-0.15, -0.1) is 0 Å². The molecule has 0 radical (unpaired) electrons. The highest BCUT2D eigenvalue weighted by Crippen LogP contribution is 2.36. The highest BCUT2D eigenvalue weighted by molar-refractivity contribution is 5.15. The summed E-state index contributed by atoms with van der Waals surface area (Å²) in [5.74, 6) is 2.51. The summed E-state index contributed by atoms with van der Waals surface area (Å²) in [4.78, 5) is 0. The van der Waals surface area contributed by atoms with Gasteiger partial charge in [-0.3, -0.25) is 0 Å². The van der Waals surface area contributed by atoms with Crippen LogP contribution in [0.25, 0.3) is 0 Å². The van der Waals surface area contributed by atoms with Crippen LogP contribution in [0.15, 0.2) is 11.6 Å². The van der Waals surface area contributed by atoms with Gasteiger partial charge >= 0.3 is 0 Å². The molecule has 0 nitrogen and oxygen atoms in total. The Bertz CT molecular complexity index is 144. The van der Waals surface area contributed by atoms with Crippen molar-refractivity contribution in [1.29, 1.82) is 0 Å². The van der Waals surface area contributed by atoms with E-state index in [-0.39, 0.29) is 0 Å². The summed E-state index contributed by atoms with van der Waals surface area (Å²) in [6.45, 7) is 9.29. The first-order valence-corrected chi connectivity index (χ1v) is 4.37. The van der Waals surface area contributed by atoms with E-state index in [2.05, 4.69) is 33.8 Å². The molecule has 0 saturated carbocycles. The molecule has 0 aromatic heterocycles. The third-order valence-electron chi connectivity index (χ3n) is 3.09. The fourth-order valence-electron chi connectivity index (χ4n) is 1.87. The molecule has 0 aromatic carbocycles. The van der Waals surface area contributed by atoms with Crippen LogP contribution in [0, 0.1) is 17.8 Å². The maximum absolute atomic E-state index is 2.45. The lowest BCUT2D eigenvalue weighted by Crippen LogP contribution is -2.08. The van der Waals surface area contributed by atoms with Crippen molar-refractivity contribution >= 4 is 0 Å². The van der Waals surface area contributed by atoms with E-state index in [1.807, 2.05) is 0 Å². The first-order chi connectivity index (χ1) is 4.66. The maximum Gasteiger partial charge on any atom is -0.0200 e. The molecule has 1 rings (SSSR count). The zero-order valence-electron chi connectivity index (χ0n) is 7.52. The fourth-order valence-corrected chi connectivity index (χ4v) is 1.87. The van der Waals surface area contributed by atoms with Gasteiger partial charge in [-0.1, -0.05) is 39.3 Å². The summed E-state index contributed by atoms with van der Waals surface area (Å²) < 4.78 is 0. The van der Waals surface area contributed by atoms with Crippen LogP contribution in [-0.4, -0.2) is 0 Å². The molecular weight excluding hydrogens is 120 g/mol. The Morgan fingerprint density at radius 2 is 1.90 bits per heavy atom. The first kappa shape index (κ1) is 7.84. The van der Waals surface area contributed by atoms with E-state index >= 15 is 0 Å². The van der Waals surface area contributed by atoms with Crippen molar-refractivity contribution in [2.24, 2.45) is 17.8 Å². The highest BCUT2D eigenvalue weighted by Gasteiger charge is 2.26. The molecule has 0 fully saturated rings. The largest absolute Gasteiger partial charge is 0.0819 e. The van der Waals surface area contributed by atoms with Gasteiger partial charge in [0.1, 0.15) is 0 Å². The van der Waals surface area contributed by atoms with Crippen molar-refractivity contribution in [3.63, 3.8) is 0 Å². The molecule has 0 heterocycles. The monoisotopic (exact) mass is 138 g/mol. The standard InChI is InChI=1S/C10H18/c1-5-10-6-7(2)8(3)9(10)4/h6-9H,5H2,1-4H3. The molecular formula is C10H18. The van der Waals surface area contributed by atoms with Crippen LogP contribution in [0.5, 0.6) is 0 Å².